The first-order valence-electron chi connectivity index (χ1n) is 7.43. The van der Waals surface area contributed by atoms with Crippen molar-refractivity contribution in [2.45, 2.75) is 50.2 Å². The predicted molar refractivity (Wildman–Crippen MR) is 75.5 cm³/mol. The Labute approximate surface area is 115 Å². The van der Waals surface area contributed by atoms with Crippen LogP contribution >= 0.6 is 0 Å². The maximum absolute atomic E-state index is 6.43. The molecular formula is C16H23NO2. The highest BCUT2D eigenvalue weighted by Gasteiger charge is 2.27. The molecule has 0 radical (unpaired) electrons. The van der Waals surface area contributed by atoms with E-state index in [0.717, 1.165) is 38.2 Å². The van der Waals surface area contributed by atoms with Crippen molar-refractivity contribution >= 4 is 0 Å². The number of hydrogen-bond donors (Lipinski definition) is 1. The lowest BCUT2D eigenvalue weighted by atomic mass is 9.84. The first kappa shape index (κ1) is 12.9. The third kappa shape index (κ3) is 2.93. The van der Waals surface area contributed by atoms with E-state index in [0.29, 0.717) is 12.0 Å². The molecule has 2 N–H and O–H groups in total. The van der Waals surface area contributed by atoms with Crippen molar-refractivity contribution in [3.63, 3.8) is 0 Å². The second kappa shape index (κ2) is 5.93. The molecule has 2 heterocycles. The van der Waals surface area contributed by atoms with E-state index in [1.807, 2.05) is 12.1 Å². The first-order chi connectivity index (χ1) is 9.34. The fraction of sp³-hybridized carbons (Fsp3) is 0.625. The maximum Gasteiger partial charge on any atom is 0.122 e. The van der Waals surface area contributed by atoms with E-state index >= 15 is 0 Å². The summed E-state index contributed by atoms with van der Waals surface area (Å²) in [5.41, 5.74) is 7.72. The van der Waals surface area contributed by atoms with Gasteiger partial charge in [0.05, 0.1) is 12.7 Å². The Hall–Kier alpha value is -1.06. The molecule has 1 saturated heterocycles. The molecule has 1 aromatic carbocycles. The van der Waals surface area contributed by atoms with Gasteiger partial charge in [0, 0.05) is 18.6 Å². The molecule has 2 aliphatic rings. The number of ether oxygens (including phenoxy) is 2. The number of rotatable bonds is 4. The average molecular weight is 261 g/mol. The summed E-state index contributed by atoms with van der Waals surface area (Å²) in [7, 11) is 0. The van der Waals surface area contributed by atoms with Gasteiger partial charge in [-0.25, -0.2) is 0 Å². The fourth-order valence-corrected chi connectivity index (χ4v) is 3.27. The van der Waals surface area contributed by atoms with Crippen LogP contribution in [-0.2, 0) is 4.74 Å². The topological polar surface area (TPSA) is 44.5 Å². The first-order valence-corrected chi connectivity index (χ1v) is 7.43. The Morgan fingerprint density at radius 3 is 2.95 bits per heavy atom. The average Bonchev–Trinajstić information content (AvgIpc) is 2.97. The highest BCUT2D eigenvalue weighted by molar-refractivity contribution is 5.38. The molecular weight excluding hydrogens is 238 g/mol. The standard InChI is InChI=1S/C16H23NO2/c17-15(8-7-12-4-3-10-18-12)13-9-11-19-16-6-2-1-5-14(13)16/h1-2,5-6,12-13,15H,3-4,7-11,17H2. The van der Waals surface area contributed by atoms with E-state index < -0.39 is 0 Å². The van der Waals surface area contributed by atoms with Gasteiger partial charge in [0.1, 0.15) is 5.75 Å². The SMILES string of the molecule is NC(CCC1CCCO1)C1CCOc2ccccc21. The normalized spacial score (nSPS) is 27.6. The maximum atomic E-state index is 6.43. The molecule has 3 atom stereocenters. The minimum atomic E-state index is 0.217. The lowest BCUT2D eigenvalue weighted by Gasteiger charge is -2.30. The van der Waals surface area contributed by atoms with Gasteiger partial charge >= 0.3 is 0 Å². The Bertz CT molecular complexity index is 415. The number of fused-ring (bicyclic) bond motifs is 1. The van der Waals surface area contributed by atoms with E-state index in [9.17, 15) is 0 Å². The fourth-order valence-electron chi connectivity index (χ4n) is 3.27. The molecule has 0 aromatic heterocycles. The molecule has 1 aromatic rings. The summed E-state index contributed by atoms with van der Waals surface area (Å²) in [5.74, 6) is 1.46. The van der Waals surface area contributed by atoms with Crippen LogP contribution in [0.25, 0.3) is 0 Å². The number of hydrogen-bond acceptors (Lipinski definition) is 3. The Kier molecular flexibility index (Phi) is 4.04. The van der Waals surface area contributed by atoms with Crippen molar-refractivity contribution in [1.29, 1.82) is 0 Å². The second-order valence-electron chi connectivity index (χ2n) is 5.66. The van der Waals surface area contributed by atoms with Crippen molar-refractivity contribution < 1.29 is 9.47 Å². The van der Waals surface area contributed by atoms with Gasteiger partial charge in [0.25, 0.3) is 0 Å². The van der Waals surface area contributed by atoms with Crippen LogP contribution in [0.1, 0.15) is 43.6 Å². The van der Waals surface area contributed by atoms with E-state index in [4.69, 9.17) is 15.2 Å². The summed E-state index contributed by atoms with van der Waals surface area (Å²) in [5, 5.41) is 0. The monoisotopic (exact) mass is 261 g/mol. The van der Waals surface area contributed by atoms with Crippen LogP contribution in [0, 0.1) is 0 Å². The minimum absolute atomic E-state index is 0.217. The van der Waals surface area contributed by atoms with Crippen LogP contribution in [0.5, 0.6) is 5.75 Å². The van der Waals surface area contributed by atoms with Gasteiger partial charge in [-0.2, -0.15) is 0 Å². The van der Waals surface area contributed by atoms with E-state index in [1.165, 1.54) is 18.4 Å². The number of nitrogens with two attached hydrogens (primary N) is 1. The molecule has 1 fully saturated rings. The van der Waals surface area contributed by atoms with Crippen LogP contribution in [0.4, 0.5) is 0 Å². The summed E-state index contributed by atoms with van der Waals surface area (Å²) in [6.45, 7) is 1.72. The smallest absolute Gasteiger partial charge is 0.122 e. The molecule has 2 aliphatic heterocycles. The summed E-state index contributed by atoms with van der Waals surface area (Å²) in [6, 6.07) is 8.53. The largest absolute Gasteiger partial charge is 0.493 e. The van der Waals surface area contributed by atoms with Gasteiger partial charge < -0.3 is 15.2 Å². The van der Waals surface area contributed by atoms with E-state index in [2.05, 4.69) is 12.1 Å². The zero-order chi connectivity index (χ0) is 13.1. The van der Waals surface area contributed by atoms with Gasteiger partial charge in [-0.05, 0) is 43.7 Å². The molecule has 104 valence electrons. The van der Waals surface area contributed by atoms with Gasteiger partial charge in [-0.1, -0.05) is 18.2 Å². The minimum Gasteiger partial charge on any atom is -0.493 e. The lowest BCUT2D eigenvalue weighted by molar-refractivity contribution is 0.0992. The Morgan fingerprint density at radius 2 is 2.11 bits per heavy atom. The van der Waals surface area contributed by atoms with Crippen LogP contribution in [-0.4, -0.2) is 25.4 Å². The van der Waals surface area contributed by atoms with Crippen LogP contribution in [0.3, 0.4) is 0 Å². The van der Waals surface area contributed by atoms with Crippen molar-refractivity contribution in [3.8, 4) is 5.75 Å². The molecule has 0 bridgehead atoms. The quantitative estimate of drug-likeness (QED) is 0.906. The van der Waals surface area contributed by atoms with Crippen LogP contribution < -0.4 is 10.5 Å². The zero-order valence-corrected chi connectivity index (χ0v) is 11.4. The van der Waals surface area contributed by atoms with Gasteiger partial charge in [-0.3, -0.25) is 0 Å². The summed E-state index contributed by atoms with van der Waals surface area (Å²) in [4.78, 5) is 0. The molecule has 3 rings (SSSR count). The molecule has 0 aliphatic carbocycles. The third-order valence-electron chi connectivity index (χ3n) is 4.37. The Morgan fingerprint density at radius 1 is 1.21 bits per heavy atom. The van der Waals surface area contributed by atoms with Gasteiger partial charge in [0.2, 0.25) is 0 Å². The molecule has 0 amide bonds. The molecule has 0 saturated carbocycles. The lowest BCUT2D eigenvalue weighted by Crippen LogP contribution is -2.33. The van der Waals surface area contributed by atoms with E-state index in [-0.39, 0.29) is 6.04 Å². The highest BCUT2D eigenvalue weighted by atomic mass is 16.5. The van der Waals surface area contributed by atoms with Crippen LogP contribution in [0.2, 0.25) is 0 Å². The highest BCUT2D eigenvalue weighted by Crippen LogP contribution is 2.36. The molecule has 19 heavy (non-hydrogen) atoms. The number of para-hydroxylation sites is 1. The summed E-state index contributed by atoms with van der Waals surface area (Å²) in [6.07, 6.45) is 6.03. The second-order valence-corrected chi connectivity index (χ2v) is 5.66. The van der Waals surface area contributed by atoms with Crippen molar-refractivity contribution in [1.82, 2.24) is 0 Å². The number of benzene rings is 1. The Balaban J connectivity index is 1.62. The third-order valence-corrected chi connectivity index (χ3v) is 4.37. The molecule has 3 nitrogen and oxygen atoms in total. The summed E-state index contributed by atoms with van der Waals surface area (Å²) < 4.78 is 11.4. The molecule has 0 spiro atoms. The van der Waals surface area contributed by atoms with E-state index in [1.54, 1.807) is 0 Å². The summed E-state index contributed by atoms with van der Waals surface area (Å²) >= 11 is 0. The zero-order valence-electron chi connectivity index (χ0n) is 11.4. The van der Waals surface area contributed by atoms with Gasteiger partial charge in [-0.15, -0.1) is 0 Å². The van der Waals surface area contributed by atoms with Crippen molar-refractivity contribution in [2.75, 3.05) is 13.2 Å². The predicted octanol–water partition coefficient (Wildman–Crippen LogP) is 2.84. The molecule has 3 heteroatoms. The van der Waals surface area contributed by atoms with Crippen molar-refractivity contribution in [2.24, 2.45) is 5.73 Å². The van der Waals surface area contributed by atoms with Gasteiger partial charge in [0.15, 0.2) is 0 Å². The van der Waals surface area contributed by atoms with Crippen LogP contribution in [0.15, 0.2) is 24.3 Å². The van der Waals surface area contributed by atoms with Crippen molar-refractivity contribution in [3.05, 3.63) is 29.8 Å². The molecule has 3 unspecified atom stereocenters.